The summed E-state index contributed by atoms with van der Waals surface area (Å²) in [6.07, 6.45) is -7.53. The Morgan fingerprint density at radius 1 is 0.518 bits per heavy atom. The van der Waals surface area contributed by atoms with Gasteiger partial charge in [0.2, 0.25) is 6.29 Å². The average Bonchev–Trinajstić information content (AvgIpc) is 3.25. The summed E-state index contributed by atoms with van der Waals surface area (Å²) < 4.78 is 57.9. The molecule has 0 saturated carbocycles. The molecule has 0 aromatic heterocycles. The average molecular weight is 763 g/mol. The van der Waals surface area contributed by atoms with E-state index in [0.717, 1.165) is 22.3 Å². The predicted octanol–water partition coefficient (Wildman–Crippen LogP) is 7.26. The second kappa shape index (κ2) is 20.0. The number of aliphatic hydroxyl groups excluding tert-OH is 1. The van der Waals surface area contributed by atoms with Crippen LogP contribution in [-0.2, 0) is 59.6 Å². The molecule has 56 heavy (non-hydrogen) atoms. The normalized spacial score (nSPS) is 26.4. The van der Waals surface area contributed by atoms with Crippen LogP contribution in [0.3, 0.4) is 0 Å². The molecule has 1 N–H and O–H groups in total. The smallest absolute Gasteiger partial charge is 0.229 e. The molecule has 294 valence electrons. The van der Waals surface area contributed by atoms with Crippen LogP contribution in [-0.4, -0.2) is 74.1 Å². The third kappa shape index (κ3) is 10.6. The molecule has 0 unspecified atom stereocenters. The first-order valence-corrected chi connectivity index (χ1v) is 19.1. The van der Waals surface area contributed by atoms with Crippen LogP contribution < -0.4 is 9.47 Å². The molecular formula is C46H50O10. The van der Waals surface area contributed by atoms with Crippen LogP contribution in [0.5, 0.6) is 11.5 Å². The van der Waals surface area contributed by atoms with Crippen LogP contribution >= 0.6 is 0 Å². The molecule has 2 aliphatic rings. The van der Waals surface area contributed by atoms with Gasteiger partial charge >= 0.3 is 0 Å². The zero-order valence-corrected chi connectivity index (χ0v) is 31.7. The number of hydrogen-bond acceptors (Lipinski definition) is 10. The van der Waals surface area contributed by atoms with E-state index in [4.69, 9.17) is 42.6 Å². The standard InChI is InChI=1S/C46H50O10/c1-32-41(50-28-34-17-9-4-10-18-34)43(51-29-35-19-11-5-12-20-35)44(52-30-36-21-13-6-14-22-36)46(54-32)56-42-40(47)39(49-27-33-15-7-3-8-16-33)31-53-45(42)55-38-25-23-37(48-2)24-26-38/h3-26,32,39-47H,27-31H2,1-2H3/t32-,39+,40-,41-,42-,43+,44+,45+,46-/m0/s1. The largest absolute Gasteiger partial charge is 0.497 e. The summed E-state index contributed by atoms with van der Waals surface area (Å²) in [5.41, 5.74) is 3.94. The van der Waals surface area contributed by atoms with Crippen molar-refractivity contribution in [3.8, 4) is 11.5 Å². The van der Waals surface area contributed by atoms with Gasteiger partial charge in [0.15, 0.2) is 12.4 Å². The highest BCUT2D eigenvalue weighted by Gasteiger charge is 2.51. The van der Waals surface area contributed by atoms with Gasteiger partial charge in [-0.25, -0.2) is 0 Å². The van der Waals surface area contributed by atoms with Crippen molar-refractivity contribution in [1.29, 1.82) is 0 Å². The highest BCUT2D eigenvalue weighted by atomic mass is 16.8. The molecule has 0 spiro atoms. The lowest BCUT2D eigenvalue weighted by atomic mass is 9.98. The molecular weight excluding hydrogens is 712 g/mol. The SMILES string of the molecule is COc1ccc(O[C@H]2OC[C@@H](OCc3ccccc3)[C@H](O)[C@@H]2O[C@@H]2O[C@@H](C)[C@H](OCc3ccccc3)[C@@H](OCc3ccccc3)[C@H]2OCc2ccccc2)cc1. The van der Waals surface area contributed by atoms with E-state index in [0.29, 0.717) is 24.7 Å². The highest BCUT2D eigenvalue weighted by Crippen LogP contribution is 2.34. The maximum Gasteiger partial charge on any atom is 0.229 e. The van der Waals surface area contributed by atoms with Crippen molar-refractivity contribution < 1.29 is 47.7 Å². The number of hydrogen-bond donors (Lipinski definition) is 1. The second-order valence-corrected chi connectivity index (χ2v) is 13.9. The fourth-order valence-electron chi connectivity index (χ4n) is 6.85. The number of rotatable bonds is 17. The van der Waals surface area contributed by atoms with Gasteiger partial charge in [-0.05, 0) is 53.4 Å². The van der Waals surface area contributed by atoms with Crippen molar-refractivity contribution in [3.63, 3.8) is 0 Å². The third-order valence-electron chi connectivity index (χ3n) is 9.90. The lowest BCUT2D eigenvalue weighted by Crippen LogP contribution is -2.64. The lowest BCUT2D eigenvalue weighted by Gasteiger charge is -2.47. The van der Waals surface area contributed by atoms with E-state index < -0.39 is 55.3 Å². The van der Waals surface area contributed by atoms with Crippen LogP contribution in [0.4, 0.5) is 0 Å². The molecule has 7 rings (SSSR count). The molecule has 0 radical (unpaired) electrons. The highest BCUT2D eigenvalue weighted by molar-refractivity contribution is 5.31. The summed E-state index contributed by atoms with van der Waals surface area (Å²) in [4.78, 5) is 0. The molecule has 0 bridgehead atoms. The molecule has 5 aromatic rings. The minimum Gasteiger partial charge on any atom is -0.497 e. The van der Waals surface area contributed by atoms with Crippen LogP contribution in [0.1, 0.15) is 29.2 Å². The molecule has 10 nitrogen and oxygen atoms in total. The van der Waals surface area contributed by atoms with E-state index in [2.05, 4.69) is 0 Å². The molecule has 10 heteroatoms. The van der Waals surface area contributed by atoms with Crippen LogP contribution in [0.15, 0.2) is 146 Å². The van der Waals surface area contributed by atoms with Crippen molar-refractivity contribution in [1.82, 2.24) is 0 Å². The molecule has 0 amide bonds. The minimum atomic E-state index is -1.17. The maximum absolute atomic E-state index is 12.0. The summed E-state index contributed by atoms with van der Waals surface area (Å²) in [5, 5.41) is 12.0. The van der Waals surface area contributed by atoms with Crippen LogP contribution in [0.25, 0.3) is 0 Å². The van der Waals surface area contributed by atoms with Gasteiger partial charge in [0.05, 0.1) is 46.2 Å². The van der Waals surface area contributed by atoms with Crippen molar-refractivity contribution in [2.24, 2.45) is 0 Å². The summed E-state index contributed by atoms with van der Waals surface area (Å²) in [7, 11) is 1.60. The molecule has 0 aliphatic carbocycles. The molecule has 9 atom stereocenters. The Kier molecular flexibility index (Phi) is 14.1. The minimum absolute atomic E-state index is 0.0722. The third-order valence-corrected chi connectivity index (χ3v) is 9.90. The summed E-state index contributed by atoms with van der Waals surface area (Å²) in [6, 6.07) is 46.7. The van der Waals surface area contributed by atoms with Gasteiger partial charge in [0, 0.05) is 0 Å². The zero-order chi connectivity index (χ0) is 38.5. The summed E-state index contributed by atoms with van der Waals surface area (Å²) >= 11 is 0. The molecule has 2 saturated heterocycles. The van der Waals surface area contributed by atoms with Gasteiger partial charge in [-0.15, -0.1) is 0 Å². The van der Waals surface area contributed by atoms with E-state index in [1.165, 1.54) is 0 Å². The Balaban J connectivity index is 1.18. The molecule has 2 fully saturated rings. The fraction of sp³-hybridized carbons (Fsp3) is 0.348. The molecule has 5 aromatic carbocycles. The van der Waals surface area contributed by atoms with Gasteiger partial charge in [0.25, 0.3) is 0 Å². The second-order valence-electron chi connectivity index (χ2n) is 13.9. The van der Waals surface area contributed by atoms with Gasteiger partial charge in [0.1, 0.15) is 42.0 Å². The van der Waals surface area contributed by atoms with Crippen molar-refractivity contribution in [2.45, 2.75) is 88.7 Å². The number of aliphatic hydroxyl groups is 1. The maximum atomic E-state index is 12.0. The topological polar surface area (TPSA) is 103 Å². The lowest BCUT2D eigenvalue weighted by molar-refractivity contribution is -0.360. The van der Waals surface area contributed by atoms with Crippen molar-refractivity contribution >= 4 is 0 Å². The van der Waals surface area contributed by atoms with Crippen molar-refractivity contribution in [2.75, 3.05) is 13.7 Å². The summed E-state index contributed by atoms with van der Waals surface area (Å²) in [5.74, 6) is 1.19. The quantitative estimate of drug-likeness (QED) is 0.104. The van der Waals surface area contributed by atoms with Gasteiger partial charge in [-0.2, -0.15) is 0 Å². The molecule has 2 heterocycles. The van der Waals surface area contributed by atoms with E-state index in [-0.39, 0.29) is 19.8 Å². The predicted molar refractivity (Wildman–Crippen MR) is 209 cm³/mol. The van der Waals surface area contributed by atoms with E-state index in [1.54, 1.807) is 31.4 Å². The van der Waals surface area contributed by atoms with Gasteiger partial charge < -0.3 is 47.7 Å². The fourth-order valence-corrected chi connectivity index (χ4v) is 6.85. The van der Waals surface area contributed by atoms with Crippen LogP contribution in [0, 0.1) is 0 Å². The van der Waals surface area contributed by atoms with Gasteiger partial charge in [-0.1, -0.05) is 121 Å². The van der Waals surface area contributed by atoms with E-state index in [9.17, 15) is 5.11 Å². The summed E-state index contributed by atoms with van der Waals surface area (Å²) in [6.45, 7) is 3.17. The van der Waals surface area contributed by atoms with E-state index >= 15 is 0 Å². The van der Waals surface area contributed by atoms with Crippen molar-refractivity contribution in [3.05, 3.63) is 168 Å². The first-order chi connectivity index (χ1) is 27.5. The Labute approximate surface area is 328 Å². The first-order valence-electron chi connectivity index (χ1n) is 19.1. The van der Waals surface area contributed by atoms with Gasteiger partial charge in [-0.3, -0.25) is 0 Å². The Hall–Kier alpha value is -4.62. The number of ether oxygens (including phenoxy) is 9. The zero-order valence-electron chi connectivity index (χ0n) is 31.7. The Bertz CT molecular complexity index is 1850. The Morgan fingerprint density at radius 2 is 0.964 bits per heavy atom. The molecule has 2 aliphatic heterocycles. The number of benzene rings is 5. The first kappa shape index (κ1) is 39.6. The monoisotopic (exact) mass is 762 g/mol. The van der Waals surface area contributed by atoms with Crippen LogP contribution in [0.2, 0.25) is 0 Å². The Morgan fingerprint density at radius 3 is 1.46 bits per heavy atom. The number of methoxy groups -OCH3 is 1. The van der Waals surface area contributed by atoms with E-state index in [1.807, 2.05) is 128 Å².